The maximum Gasteiger partial charge on any atom is 0.345 e. The van der Waals surface area contributed by atoms with E-state index in [2.05, 4.69) is 10.4 Å². The van der Waals surface area contributed by atoms with Gasteiger partial charge in [-0.1, -0.05) is 13.3 Å². The molecule has 1 aliphatic rings. The van der Waals surface area contributed by atoms with E-state index in [9.17, 15) is 14.6 Å². The molecule has 2 unspecified atom stereocenters. The minimum Gasteiger partial charge on any atom is -0.336 e. The highest BCUT2D eigenvalue weighted by atomic mass is 35.5. The molecule has 0 aromatic heterocycles. The van der Waals surface area contributed by atoms with Gasteiger partial charge >= 0.3 is 13.7 Å². The predicted molar refractivity (Wildman–Crippen MR) is 90.0 cm³/mol. The van der Waals surface area contributed by atoms with E-state index in [1.807, 2.05) is 6.92 Å². The van der Waals surface area contributed by atoms with Gasteiger partial charge in [-0.25, -0.2) is 14.6 Å². The van der Waals surface area contributed by atoms with Crippen LogP contribution >= 0.6 is 30.9 Å². The molecule has 3 N–H and O–H groups in total. The van der Waals surface area contributed by atoms with Crippen LogP contribution in [0.1, 0.15) is 26.2 Å². The fourth-order valence-corrected chi connectivity index (χ4v) is 4.82. The first-order valence-corrected chi connectivity index (χ1v) is 10.3. The predicted octanol–water partition coefficient (Wildman–Crippen LogP) is 2.41. The smallest absolute Gasteiger partial charge is 0.336 e. The van der Waals surface area contributed by atoms with E-state index in [1.54, 1.807) is 0 Å². The number of urea groups is 1. The molecule has 1 saturated heterocycles. The number of hydroxylamine groups is 2. The van der Waals surface area contributed by atoms with Crippen LogP contribution in [-0.4, -0.2) is 65.1 Å². The van der Waals surface area contributed by atoms with E-state index >= 15 is 0 Å². The fraction of sp³-hybridized carbons (Fsp3) is 0.917. The molecule has 0 aliphatic carbocycles. The number of rotatable bonds is 9. The van der Waals surface area contributed by atoms with Crippen LogP contribution in [0.25, 0.3) is 0 Å². The molecule has 11 heteroatoms. The van der Waals surface area contributed by atoms with Crippen molar-refractivity contribution < 1.29 is 19.1 Å². The average Bonchev–Trinajstić information content (AvgIpc) is 2.54. The maximum absolute atomic E-state index is 12.9. The van der Waals surface area contributed by atoms with Crippen LogP contribution in [0.3, 0.4) is 0 Å². The second-order valence-corrected chi connectivity index (χ2v) is 7.93. The summed E-state index contributed by atoms with van der Waals surface area (Å²) in [4.78, 5) is 11.9. The van der Waals surface area contributed by atoms with Crippen LogP contribution in [0.2, 0.25) is 0 Å². The summed E-state index contributed by atoms with van der Waals surface area (Å²) in [5, 5.41) is 15.9. The Kier molecular flexibility index (Phi) is 9.77. The largest absolute Gasteiger partial charge is 0.345 e. The summed E-state index contributed by atoms with van der Waals surface area (Å²) in [6, 6.07) is -0.634. The molecule has 23 heavy (non-hydrogen) atoms. The Bertz CT molecular complexity index is 413. The quantitative estimate of drug-likeness (QED) is 0.184. The number of amides is 2. The van der Waals surface area contributed by atoms with Crippen molar-refractivity contribution in [1.29, 1.82) is 0 Å². The van der Waals surface area contributed by atoms with Gasteiger partial charge < -0.3 is 9.84 Å². The molecule has 0 aromatic carbocycles. The van der Waals surface area contributed by atoms with Gasteiger partial charge in [0.1, 0.15) is 6.17 Å². The molecule has 0 bridgehead atoms. The molecule has 1 heterocycles. The molecule has 1 rings (SSSR count). The molecule has 0 aromatic rings. The van der Waals surface area contributed by atoms with Crippen molar-refractivity contribution in [2.75, 3.05) is 38.0 Å². The molecule has 1 aliphatic heterocycles. The van der Waals surface area contributed by atoms with Crippen LogP contribution in [0.15, 0.2) is 0 Å². The Morgan fingerprint density at radius 1 is 1.43 bits per heavy atom. The highest BCUT2D eigenvalue weighted by Gasteiger charge is 2.40. The monoisotopic (exact) mass is 390 g/mol. The minimum atomic E-state index is -3.41. The fourth-order valence-electron chi connectivity index (χ4n) is 2.08. The zero-order valence-electron chi connectivity index (χ0n) is 13.2. The zero-order valence-corrected chi connectivity index (χ0v) is 15.6. The Hall–Kier alpha value is -0.0800. The molecular formula is C12H25Cl2N4O4P. The number of hydrogen-bond acceptors (Lipinski definition) is 4. The number of alkyl halides is 2. The molecule has 8 nitrogen and oxygen atoms in total. The standard InChI is InChI=1S/C12H25Cl2N4O4P/c1-2-3-7-15-12(19)18(20)11-4-10-22-23(21,16-11)17(8-5-13)9-6-14/h11,20H,2-10H2,1H3,(H,15,19)(H,16,21). The summed E-state index contributed by atoms with van der Waals surface area (Å²) in [5.74, 6) is 0.522. The van der Waals surface area contributed by atoms with Gasteiger partial charge in [0.15, 0.2) is 0 Å². The Balaban J connectivity index is 2.67. The first-order valence-electron chi connectivity index (χ1n) is 7.64. The van der Waals surface area contributed by atoms with Crippen molar-refractivity contribution in [3.8, 4) is 0 Å². The van der Waals surface area contributed by atoms with E-state index in [4.69, 9.17) is 27.7 Å². The van der Waals surface area contributed by atoms with Gasteiger partial charge in [-0.2, -0.15) is 5.06 Å². The number of nitrogens with one attached hydrogen (secondary N) is 2. The van der Waals surface area contributed by atoms with Gasteiger partial charge in [-0.05, 0) is 6.42 Å². The summed E-state index contributed by atoms with van der Waals surface area (Å²) in [6.07, 6.45) is 1.27. The molecule has 1 fully saturated rings. The first-order chi connectivity index (χ1) is 11.0. The lowest BCUT2D eigenvalue weighted by Gasteiger charge is -2.39. The summed E-state index contributed by atoms with van der Waals surface area (Å²) < 4.78 is 19.8. The van der Waals surface area contributed by atoms with Crippen molar-refractivity contribution in [3.63, 3.8) is 0 Å². The maximum atomic E-state index is 12.9. The van der Waals surface area contributed by atoms with E-state index in [0.717, 1.165) is 12.8 Å². The van der Waals surface area contributed by atoms with E-state index in [-0.39, 0.29) is 18.4 Å². The lowest BCUT2D eigenvalue weighted by Crippen LogP contribution is -2.53. The topological polar surface area (TPSA) is 94.1 Å². The second-order valence-electron chi connectivity index (χ2n) is 5.05. The molecule has 0 radical (unpaired) electrons. The third kappa shape index (κ3) is 6.38. The number of halogens is 2. The van der Waals surface area contributed by atoms with Gasteiger partial charge in [0.2, 0.25) is 0 Å². The Morgan fingerprint density at radius 3 is 2.65 bits per heavy atom. The van der Waals surface area contributed by atoms with Crippen molar-refractivity contribution >= 4 is 36.9 Å². The van der Waals surface area contributed by atoms with E-state index in [1.165, 1.54) is 4.67 Å². The van der Waals surface area contributed by atoms with E-state index < -0.39 is 19.9 Å². The normalized spacial score (nSPS) is 24.7. The molecule has 0 spiro atoms. The number of nitrogens with zero attached hydrogens (tertiary/aromatic N) is 2. The third-order valence-corrected chi connectivity index (χ3v) is 5.98. The van der Waals surface area contributed by atoms with E-state index in [0.29, 0.717) is 31.1 Å². The van der Waals surface area contributed by atoms with Crippen LogP contribution < -0.4 is 10.4 Å². The highest BCUT2D eigenvalue weighted by Crippen LogP contribution is 2.49. The summed E-state index contributed by atoms with van der Waals surface area (Å²) in [7, 11) is -3.41. The number of carbonyl (C=O) groups excluding carboxylic acids is 1. The first kappa shape index (κ1) is 21.0. The van der Waals surface area contributed by atoms with Crippen molar-refractivity contribution in [3.05, 3.63) is 0 Å². The van der Waals surface area contributed by atoms with Crippen molar-refractivity contribution in [1.82, 2.24) is 20.1 Å². The van der Waals surface area contributed by atoms with Gasteiger partial charge in [0.25, 0.3) is 0 Å². The Labute approximate surface area is 146 Å². The number of carbonyl (C=O) groups is 1. The van der Waals surface area contributed by atoms with Gasteiger partial charge in [-0.15, -0.1) is 23.2 Å². The van der Waals surface area contributed by atoms with Crippen LogP contribution in [0.5, 0.6) is 0 Å². The van der Waals surface area contributed by atoms with Crippen molar-refractivity contribution in [2.24, 2.45) is 0 Å². The molecule has 136 valence electrons. The summed E-state index contributed by atoms with van der Waals surface area (Å²) >= 11 is 11.4. The van der Waals surface area contributed by atoms with Gasteiger partial charge in [-0.3, -0.25) is 9.77 Å². The van der Waals surface area contributed by atoms with Crippen molar-refractivity contribution in [2.45, 2.75) is 32.4 Å². The number of unbranched alkanes of at least 4 members (excludes halogenated alkanes) is 1. The van der Waals surface area contributed by atoms with Crippen LogP contribution in [0, 0.1) is 0 Å². The Morgan fingerprint density at radius 2 is 2.09 bits per heavy atom. The average molecular weight is 391 g/mol. The molecule has 2 amide bonds. The molecule has 0 saturated carbocycles. The molecular weight excluding hydrogens is 366 g/mol. The third-order valence-electron chi connectivity index (χ3n) is 3.34. The highest BCUT2D eigenvalue weighted by molar-refractivity contribution is 7.54. The zero-order chi connectivity index (χ0) is 17.3. The summed E-state index contributed by atoms with van der Waals surface area (Å²) in [5.41, 5.74) is 0. The van der Waals surface area contributed by atoms with Gasteiger partial charge in [0.05, 0.1) is 6.61 Å². The SMILES string of the molecule is CCCCNC(=O)N(O)C1CCOP(=O)(N(CCCl)CCCl)N1. The molecule has 2 atom stereocenters. The second kappa shape index (κ2) is 10.7. The van der Waals surface area contributed by atoms with Crippen LogP contribution in [-0.2, 0) is 9.09 Å². The summed E-state index contributed by atoms with van der Waals surface area (Å²) in [6.45, 7) is 3.26. The minimum absolute atomic E-state index is 0.148. The van der Waals surface area contributed by atoms with Crippen LogP contribution in [0.4, 0.5) is 4.79 Å². The van der Waals surface area contributed by atoms with Gasteiger partial charge in [0, 0.05) is 37.8 Å². The number of hydrogen-bond donors (Lipinski definition) is 3. The lowest BCUT2D eigenvalue weighted by molar-refractivity contribution is -0.0923. The lowest BCUT2D eigenvalue weighted by atomic mass is 10.3.